The molecule has 0 aromatic heterocycles. The summed E-state index contributed by atoms with van der Waals surface area (Å²) in [6.07, 6.45) is -4.60. The van der Waals surface area contributed by atoms with E-state index in [2.05, 4.69) is 15.3 Å². The summed E-state index contributed by atoms with van der Waals surface area (Å²) in [7, 11) is 0. The predicted octanol–water partition coefficient (Wildman–Crippen LogP) is 6.16. The third kappa shape index (κ3) is 3.77. The molecule has 1 N–H and O–H groups in total. The van der Waals surface area contributed by atoms with Gasteiger partial charge in [0.1, 0.15) is 12.4 Å². The van der Waals surface area contributed by atoms with Crippen molar-refractivity contribution in [3.05, 3.63) is 56.4 Å². The third-order valence-electron chi connectivity index (χ3n) is 3.80. The first kappa shape index (κ1) is 18.5. The van der Waals surface area contributed by atoms with E-state index in [0.717, 1.165) is 6.07 Å². The Hall–Kier alpha value is -2.28. The molecular formula is C16H11Cl2F3N4O. The molecule has 1 unspecified atom stereocenters. The molecule has 136 valence electrons. The number of anilines is 1. The standard InChI is InChI=1S/C16H11Cl2F3N4O/c17-8-1-2-11(13(4-8)16(19,20)21)12-3-9(18)5-14-15(12)24-10(7-26-14)6-23-25-22/h1-5,10,24H,6-7H2. The van der Waals surface area contributed by atoms with Crippen LogP contribution in [0.4, 0.5) is 18.9 Å². The summed E-state index contributed by atoms with van der Waals surface area (Å²) < 4.78 is 46.1. The van der Waals surface area contributed by atoms with E-state index in [1.54, 1.807) is 0 Å². The van der Waals surface area contributed by atoms with Crippen LogP contribution in [-0.2, 0) is 6.18 Å². The number of halogens is 5. The molecule has 0 bridgehead atoms. The van der Waals surface area contributed by atoms with Crippen LogP contribution >= 0.6 is 23.2 Å². The molecule has 0 radical (unpaired) electrons. The van der Waals surface area contributed by atoms with Gasteiger partial charge in [-0.2, -0.15) is 13.2 Å². The van der Waals surface area contributed by atoms with Crippen LogP contribution in [0, 0.1) is 0 Å². The van der Waals surface area contributed by atoms with Gasteiger partial charge in [-0.05, 0) is 29.3 Å². The molecule has 2 aromatic rings. The second kappa shape index (κ2) is 7.15. The van der Waals surface area contributed by atoms with E-state index in [-0.39, 0.29) is 40.4 Å². The Labute approximate surface area is 156 Å². The van der Waals surface area contributed by atoms with Gasteiger partial charge in [-0.1, -0.05) is 34.4 Å². The van der Waals surface area contributed by atoms with Crippen LogP contribution < -0.4 is 10.1 Å². The van der Waals surface area contributed by atoms with Gasteiger partial charge in [-0.3, -0.25) is 0 Å². The summed E-state index contributed by atoms with van der Waals surface area (Å²) >= 11 is 11.8. The molecule has 0 fully saturated rings. The lowest BCUT2D eigenvalue weighted by molar-refractivity contribution is -0.137. The minimum absolute atomic E-state index is 0.0255. The van der Waals surface area contributed by atoms with Crippen molar-refractivity contribution in [1.82, 2.24) is 0 Å². The minimum Gasteiger partial charge on any atom is -0.489 e. The van der Waals surface area contributed by atoms with E-state index in [1.165, 1.54) is 24.3 Å². The number of nitrogens with zero attached hydrogens (tertiary/aromatic N) is 3. The lowest BCUT2D eigenvalue weighted by atomic mass is 9.96. The van der Waals surface area contributed by atoms with Gasteiger partial charge in [0.15, 0.2) is 0 Å². The second-order valence-electron chi connectivity index (χ2n) is 5.58. The molecule has 2 aromatic carbocycles. The van der Waals surface area contributed by atoms with Crippen LogP contribution in [0.15, 0.2) is 35.4 Å². The fourth-order valence-electron chi connectivity index (χ4n) is 2.71. The molecule has 10 heteroatoms. The topological polar surface area (TPSA) is 70.0 Å². The molecular weight excluding hydrogens is 392 g/mol. The van der Waals surface area contributed by atoms with Gasteiger partial charge in [-0.15, -0.1) is 0 Å². The molecule has 0 aliphatic carbocycles. The number of benzene rings is 2. The van der Waals surface area contributed by atoms with Gasteiger partial charge in [0.05, 0.1) is 17.3 Å². The smallest absolute Gasteiger partial charge is 0.417 e. The Kier molecular flexibility index (Phi) is 5.09. The molecule has 1 aliphatic heterocycles. The van der Waals surface area contributed by atoms with Gasteiger partial charge in [0.2, 0.25) is 0 Å². The maximum absolute atomic E-state index is 13.5. The number of alkyl halides is 3. The molecule has 1 atom stereocenters. The van der Waals surface area contributed by atoms with Crippen LogP contribution in [-0.4, -0.2) is 19.2 Å². The normalized spacial score (nSPS) is 16.1. The van der Waals surface area contributed by atoms with Gasteiger partial charge in [0, 0.05) is 33.1 Å². The van der Waals surface area contributed by atoms with Crippen molar-refractivity contribution in [2.24, 2.45) is 5.11 Å². The maximum Gasteiger partial charge on any atom is 0.417 e. The van der Waals surface area contributed by atoms with E-state index >= 15 is 0 Å². The van der Waals surface area contributed by atoms with Gasteiger partial charge in [0.25, 0.3) is 0 Å². The van der Waals surface area contributed by atoms with Crippen LogP contribution in [0.1, 0.15) is 5.56 Å². The molecule has 3 rings (SSSR count). The average molecular weight is 403 g/mol. The van der Waals surface area contributed by atoms with Crippen LogP contribution in [0.3, 0.4) is 0 Å². The van der Waals surface area contributed by atoms with E-state index in [9.17, 15) is 13.2 Å². The third-order valence-corrected chi connectivity index (χ3v) is 4.25. The number of hydrogen-bond acceptors (Lipinski definition) is 3. The number of nitrogens with one attached hydrogen (secondary N) is 1. The summed E-state index contributed by atoms with van der Waals surface area (Å²) in [4.78, 5) is 2.68. The van der Waals surface area contributed by atoms with Crippen molar-refractivity contribution >= 4 is 28.9 Å². The first-order valence-corrected chi connectivity index (χ1v) is 8.16. The zero-order valence-electron chi connectivity index (χ0n) is 13.0. The van der Waals surface area contributed by atoms with E-state index in [1.807, 2.05) is 0 Å². The van der Waals surface area contributed by atoms with Crippen LogP contribution in [0.5, 0.6) is 5.75 Å². The summed E-state index contributed by atoms with van der Waals surface area (Å²) in [5.74, 6) is 0.327. The van der Waals surface area contributed by atoms with E-state index in [4.69, 9.17) is 33.5 Å². The quantitative estimate of drug-likeness (QED) is 0.379. The molecule has 0 saturated heterocycles. The van der Waals surface area contributed by atoms with Gasteiger partial charge in [-0.25, -0.2) is 0 Å². The summed E-state index contributed by atoms with van der Waals surface area (Å²) in [6, 6.07) is 6.09. The van der Waals surface area contributed by atoms with E-state index in [0.29, 0.717) is 11.4 Å². The Bertz CT molecular complexity index is 898. The fourth-order valence-corrected chi connectivity index (χ4v) is 3.09. The highest BCUT2D eigenvalue weighted by atomic mass is 35.5. The van der Waals surface area contributed by atoms with Crippen molar-refractivity contribution in [3.63, 3.8) is 0 Å². The van der Waals surface area contributed by atoms with Crippen molar-refractivity contribution in [2.75, 3.05) is 18.5 Å². The number of hydrogen-bond donors (Lipinski definition) is 1. The fraction of sp³-hybridized carbons (Fsp3) is 0.250. The summed E-state index contributed by atoms with van der Waals surface area (Å²) in [5.41, 5.74) is 8.06. The Balaban J connectivity index is 2.16. The second-order valence-corrected chi connectivity index (χ2v) is 6.45. The summed E-state index contributed by atoms with van der Waals surface area (Å²) in [5, 5.41) is 6.75. The largest absolute Gasteiger partial charge is 0.489 e. The molecule has 0 saturated carbocycles. The monoisotopic (exact) mass is 402 g/mol. The number of fused-ring (bicyclic) bond motifs is 1. The maximum atomic E-state index is 13.5. The minimum atomic E-state index is -4.60. The first-order chi connectivity index (χ1) is 12.3. The Morgan fingerprint density at radius 1 is 1.19 bits per heavy atom. The zero-order valence-corrected chi connectivity index (χ0v) is 14.5. The van der Waals surface area contributed by atoms with Crippen molar-refractivity contribution in [2.45, 2.75) is 12.2 Å². The highest BCUT2D eigenvalue weighted by Gasteiger charge is 2.35. The zero-order chi connectivity index (χ0) is 18.9. The Morgan fingerprint density at radius 2 is 1.96 bits per heavy atom. The summed E-state index contributed by atoms with van der Waals surface area (Å²) in [6.45, 7) is 0.281. The van der Waals surface area contributed by atoms with Crippen LogP contribution in [0.25, 0.3) is 21.6 Å². The molecule has 0 amide bonds. The lowest BCUT2D eigenvalue weighted by Crippen LogP contribution is -2.34. The van der Waals surface area contributed by atoms with Crippen molar-refractivity contribution in [3.8, 4) is 16.9 Å². The van der Waals surface area contributed by atoms with Crippen molar-refractivity contribution in [1.29, 1.82) is 0 Å². The molecule has 26 heavy (non-hydrogen) atoms. The average Bonchev–Trinajstić information content (AvgIpc) is 2.58. The SMILES string of the molecule is [N-]=[N+]=NCC1COc2cc(Cl)cc(-c3ccc(Cl)cc3C(F)(F)F)c2N1. The predicted molar refractivity (Wildman–Crippen MR) is 93.8 cm³/mol. The number of ether oxygens (including phenoxy) is 1. The molecule has 0 spiro atoms. The number of azide groups is 1. The Morgan fingerprint density at radius 3 is 2.65 bits per heavy atom. The molecule has 1 aliphatic rings. The molecule has 1 heterocycles. The lowest BCUT2D eigenvalue weighted by Gasteiger charge is -2.29. The van der Waals surface area contributed by atoms with Crippen molar-refractivity contribution < 1.29 is 17.9 Å². The van der Waals surface area contributed by atoms with E-state index < -0.39 is 11.7 Å². The van der Waals surface area contributed by atoms with Gasteiger partial charge >= 0.3 is 6.18 Å². The van der Waals surface area contributed by atoms with Gasteiger partial charge < -0.3 is 10.1 Å². The highest BCUT2D eigenvalue weighted by molar-refractivity contribution is 6.31. The van der Waals surface area contributed by atoms with Crippen LogP contribution in [0.2, 0.25) is 10.0 Å². The highest BCUT2D eigenvalue weighted by Crippen LogP contribution is 2.46. The first-order valence-electron chi connectivity index (χ1n) is 7.40. The molecule has 5 nitrogen and oxygen atoms in total. The number of rotatable bonds is 3.